The molecule has 0 fully saturated rings. The fourth-order valence-corrected chi connectivity index (χ4v) is 3.94. The fraction of sp³-hybridized carbons (Fsp3) is 0.444. The molecule has 0 spiro atoms. The Labute approximate surface area is 106 Å². The standard InChI is InChI=1S/C9H11ClN2O2S2/c1-4-7(10)6-8(15-2-5(13)14)11-3-12-9(6)16-4/h8,11-12H,2-3H2,1H3,(H,13,14)/t8-/m0/s1. The van der Waals surface area contributed by atoms with Gasteiger partial charge in [-0.1, -0.05) is 11.6 Å². The number of fused-ring (bicyclic) bond motifs is 1. The summed E-state index contributed by atoms with van der Waals surface area (Å²) in [7, 11) is 0. The van der Waals surface area contributed by atoms with E-state index in [2.05, 4.69) is 10.6 Å². The second-order valence-electron chi connectivity index (χ2n) is 3.36. The highest BCUT2D eigenvalue weighted by Gasteiger charge is 2.26. The Bertz CT molecular complexity index is 422. The smallest absolute Gasteiger partial charge is 0.313 e. The van der Waals surface area contributed by atoms with Gasteiger partial charge >= 0.3 is 5.97 Å². The Morgan fingerprint density at radius 2 is 2.50 bits per heavy atom. The third kappa shape index (κ3) is 2.29. The maximum atomic E-state index is 10.5. The summed E-state index contributed by atoms with van der Waals surface area (Å²) in [4.78, 5) is 11.6. The van der Waals surface area contributed by atoms with E-state index in [4.69, 9.17) is 16.7 Å². The molecular weight excluding hydrogens is 268 g/mol. The van der Waals surface area contributed by atoms with E-state index >= 15 is 0 Å². The number of carboxylic acids is 1. The Balaban J connectivity index is 2.21. The van der Waals surface area contributed by atoms with Gasteiger partial charge in [0.25, 0.3) is 0 Å². The van der Waals surface area contributed by atoms with Crippen molar-refractivity contribution in [1.82, 2.24) is 5.32 Å². The number of aryl methyl sites for hydroxylation is 1. The molecule has 3 N–H and O–H groups in total. The van der Waals surface area contributed by atoms with Crippen molar-refractivity contribution >= 4 is 45.7 Å². The maximum absolute atomic E-state index is 10.5. The van der Waals surface area contributed by atoms with E-state index in [1.807, 2.05) is 6.92 Å². The monoisotopic (exact) mass is 278 g/mol. The molecule has 16 heavy (non-hydrogen) atoms. The van der Waals surface area contributed by atoms with E-state index < -0.39 is 5.97 Å². The van der Waals surface area contributed by atoms with Gasteiger partial charge in [-0.25, -0.2) is 0 Å². The predicted octanol–water partition coefficient (Wildman–Crippen LogP) is 2.50. The highest BCUT2D eigenvalue weighted by Crippen LogP contribution is 2.45. The van der Waals surface area contributed by atoms with Crippen LogP contribution >= 0.6 is 34.7 Å². The van der Waals surface area contributed by atoms with E-state index in [-0.39, 0.29) is 11.1 Å². The maximum Gasteiger partial charge on any atom is 0.313 e. The second kappa shape index (κ2) is 4.83. The highest BCUT2D eigenvalue weighted by molar-refractivity contribution is 8.00. The van der Waals surface area contributed by atoms with Crippen molar-refractivity contribution in [1.29, 1.82) is 0 Å². The lowest BCUT2D eigenvalue weighted by molar-refractivity contribution is -0.133. The molecule has 1 aliphatic heterocycles. The van der Waals surface area contributed by atoms with E-state index in [0.717, 1.165) is 20.5 Å². The number of carboxylic acid groups (broad SMARTS) is 1. The van der Waals surface area contributed by atoms with Crippen molar-refractivity contribution in [3.8, 4) is 0 Å². The lowest BCUT2D eigenvalue weighted by Crippen LogP contribution is -2.30. The van der Waals surface area contributed by atoms with Gasteiger partial charge in [0.05, 0.1) is 27.8 Å². The summed E-state index contributed by atoms with van der Waals surface area (Å²) in [5.74, 6) is -0.738. The molecule has 0 radical (unpaired) electrons. The highest BCUT2D eigenvalue weighted by atomic mass is 35.5. The van der Waals surface area contributed by atoms with E-state index in [0.29, 0.717) is 6.67 Å². The molecule has 0 saturated heterocycles. The van der Waals surface area contributed by atoms with Crippen molar-refractivity contribution in [2.45, 2.75) is 12.3 Å². The Morgan fingerprint density at radius 1 is 1.75 bits per heavy atom. The molecule has 0 aliphatic carbocycles. The molecule has 4 nitrogen and oxygen atoms in total. The van der Waals surface area contributed by atoms with Gasteiger partial charge in [0.15, 0.2) is 0 Å². The molecule has 88 valence electrons. The SMILES string of the molecule is Cc1sc2c(c1Cl)[C@H](SCC(=O)O)NCN2. The van der Waals surface area contributed by atoms with Crippen molar-refractivity contribution in [3.05, 3.63) is 15.5 Å². The normalized spacial score (nSPS) is 19.0. The topological polar surface area (TPSA) is 61.4 Å². The summed E-state index contributed by atoms with van der Waals surface area (Å²) in [6.07, 6.45) is 0. The lowest BCUT2D eigenvalue weighted by Gasteiger charge is -2.24. The molecule has 1 aromatic rings. The first-order valence-electron chi connectivity index (χ1n) is 4.69. The summed E-state index contributed by atoms with van der Waals surface area (Å²) < 4.78 is 0. The minimum absolute atomic E-state index is 0.0372. The number of halogens is 1. The van der Waals surface area contributed by atoms with Crippen LogP contribution in [-0.4, -0.2) is 23.5 Å². The summed E-state index contributed by atoms with van der Waals surface area (Å²) in [5, 5.41) is 16.8. The molecule has 0 bridgehead atoms. The molecule has 7 heteroatoms. The van der Waals surface area contributed by atoms with Gasteiger partial charge in [0.2, 0.25) is 0 Å². The number of hydrogen-bond acceptors (Lipinski definition) is 5. The average molecular weight is 279 g/mol. The molecule has 2 heterocycles. The third-order valence-electron chi connectivity index (χ3n) is 2.22. The summed E-state index contributed by atoms with van der Waals surface area (Å²) in [5.41, 5.74) is 0.988. The van der Waals surface area contributed by atoms with Crippen molar-refractivity contribution in [2.75, 3.05) is 17.7 Å². The molecule has 1 atom stereocenters. The van der Waals surface area contributed by atoms with E-state index in [1.54, 1.807) is 11.3 Å². The molecule has 0 saturated carbocycles. The van der Waals surface area contributed by atoms with Crippen molar-refractivity contribution in [3.63, 3.8) is 0 Å². The summed E-state index contributed by atoms with van der Waals surface area (Å²) >= 11 is 9.16. The number of nitrogens with one attached hydrogen (secondary N) is 2. The number of aliphatic carboxylic acids is 1. The van der Waals surface area contributed by atoms with E-state index in [9.17, 15) is 4.79 Å². The Morgan fingerprint density at radius 3 is 3.19 bits per heavy atom. The van der Waals surface area contributed by atoms with Gasteiger partial charge in [-0.2, -0.15) is 0 Å². The van der Waals surface area contributed by atoms with Gasteiger partial charge in [0.1, 0.15) is 0 Å². The summed E-state index contributed by atoms with van der Waals surface area (Å²) in [6.45, 7) is 2.60. The zero-order chi connectivity index (χ0) is 11.7. The van der Waals surface area contributed by atoms with Crippen LogP contribution in [0, 0.1) is 6.92 Å². The third-order valence-corrected chi connectivity index (χ3v) is 5.04. The van der Waals surface area contributed by atoms with Crippen LogP contribution in [0.25, 0.3) is 0 Å². The predicted molar refractivity (Wildman–Crippen MR) is 68.5 cm³/mol. The largest absolute Gasteiger partial charge is 0.481 e. The Hall–Kier alpha value is -0.430. The first-order valence-corrected chi connectivity index (χ1v) is 6.93. The number of carbonyl (C=O) groups is 1. The lowest BCUT2D eigenvalue weighted by atomic mass is 10.2. The minimum atomic E-state index is -0.810. The summed E-state index contributed by atoms with van der Waals surface area (Å²) in [6, 6.07) is 0. The molecular formula is C9H11ClN2O2S2. The van der Waals surface area contributed by atoms with Crippen LogP contribution in [0.1, 0.15) is 15.8 Å². The van der Waals surface area contributed by atoms with Crippen LogP contribution in [-0.2, 0) is 4.79 Å². The van der Waals surface area contributed by atoms with E-state index in [1.165, 1.54) is 11.8 Å². The molecule has 0 unspecified atom stereocenters. The van der Waals surface area contributed by atoms with Crippen LogP contribution in [0.4, 0.5) is 5.00 Å². The molecule has 1 aromatic heterocycles. The first-order chi connectivity index (χ1) is 7.59. The number of thioether (sulfide) groups is 1. The molecule has 0 amide bonds. The quantitative estimate of drug-likeness (QED) is 0.793. The van der Waals surface area contributed by atoms with Crippen molar-refractivity contribution in [2.24, 2.45) is 0 Å². The number of thiophene rings is 1. The van der Waals surface area contributed by atoms with Gasteiger partial charge in [-0.3, -0.25) is 10.1 Å². The first kappa shape index (κ1) is 12.0. The fourth-order valence-electron chi connectivity index (χ4n) is 1.53. The van der Waals surface area contributed by atoms with Crippen LogP contribution in [0.2, 0.25) is 5.02 Å². The van der Waals surface area contributed by atoms with Gasteiger partial charge < -0.3 is 10.4 Å². The second-order valence-corrected chi connectivity index (χ2v) is 6.05. The molecule has 1 aliphatic rings. The minimum Gasteiger partial charge on any atom is -0.481 e. The zero-order valence-corrected chi connectivity index (χ0v) is 10.9. The molecule has 0 aromatic carbocycles. The van der Waals surface area contributed by atoms with Crippen LogP contribution < -0.4 is 10.6 Å². The van der Waals surface area contributed by atoms with Gasteiger partial charge in [0, 0.05) is 10.4 Å². The number of hydrogen-bond donors (Lipinski definition) is 3. The number of anilines is 1. The van der Waals surface area contributed by atoms with Gasteiger partial charge in [-0.05, 0) is 6.92 Å². The van der Waals surface area contributed by atoms with Crippen molar-refractivity contribution < 1.29 is 9.90 Å². The van der Waals surface area contributed by atoms with Crippen LogP contribution in [0.3, 0.4) is 0 Å². The Kier molecular flexibility index (Phi) is 3.63. The van der Waals surface area contributed by atoms with Gasteiger partial charge in [-0.15, -0.1) is 23.1 Å². The molecule has 2 rings (SSSR count). The zero-order valence-electron chi connectivity index (χ0n) is 8.54. The van der Waals surface area contributed by atoms with Crippen LogP contribution in [0.15, 0.2) is 0 Å². The average Bonchev–Trinajstić information content (AvgIpc) is 2.52. The number of rotatable bonds is 3. The van der Waals surface area contributed by atoms with Crippen LogP contribution in [0.5, 0.6) is 0 Å².